The maximum Gasteiger partial charge on any atom is 0.324 e. The second-order valence-corrected chi connectivity index (χ2v) is 3.65. The van der Waals surface area contributed by atoms with Gasteiger partial charge in [0.15, 0.2) is 0 Å². The molecule has 1 aliphatic rings. The molecule has 1 N–H and O–H groups in total. The lowest BCUT2D eigenvalue weighted by molar-refractivity contribution is -0.127. The van der Waals surface area contributed by atoms with Crippen molar-refractivity contribution in [2.24, 2.45) is 5.92 Å². The van der Waals surface area contributed by atoms with Crippen molar-refractivity contribution in [3.63, 3.8) is 0 Å². The lowest BCUT2D eigenvalue weighted by atomic mass is 9.98. The molecule has 1 rings (SSSR count). The third-order valence-corrected chi connectivity index (χ3v) is 2.51. The van der Waals surface area contributed by atoms with Crippen LogP contribution in [0.15, 0.2) is 0 Å². The van der Waals surface area contributed by atoms with E-state index in [0.29, 0.717) is 6.42 Å². The second kappa shape index (κ2) is 3.77. The van der Waals surface area contributed by atoms with Gasteiger partial charge in [-0.25, -0.2) is 4.79 Å². The largest absolute Gasteiger partial charge is 0.326 e. The SMILES string of the molecule is CC(=O)C(C)C[C@H]1NC(=O)N(C)C1=O. The summed E-state index contributed by atoms with van der Waals surface area (Å²) in [4.78, 5) is 34.5. The van der Waals surface area contributed by atoms with Crippen LogP contribution in [0.5, 0.6) is 0 Å². The summed E-state index contributed by atoms with van der Waals surface area (Å²) in [6.07, 6.45) is 0.379. The molecule has 3 amide bonds. The summed E-state index contributed by atoms with van der Waals surface area (Å²) < 4.78 is 0. The van der Waals surface area contributed by atoms with E-state index in [1.165, 1.54) is 14.0 Å². The number of nitrogens with one attached hydrogen (secondary N) is 1. The molecule has 0 aromatic carbocycles. The fraction of sp³-hybridized carbons (Fsp3) is 0.667. The summed E-state index contributed by atoms with van der Waals surface area (Å²) in [5, 5.41) is 2.52. The van der Waals surface area contributed by atoms with Crippen LogP contribution >= 0.6 is 0 Å². The first-order valence-electron chi connectivity index (χ1n) is 4.52. The fourth-order valence-corrected chi connectivity index (χ4v) is 1.32. The minimum Gasteiger partial charge on any atom is -0.326 e. The number of hydrogen-bond donors (Lipinski definition) is 1. The van der Waals surface area contributed by atoms with Crippen LogP contribution in [0.1, 0.15) is 20.3 Å². The van der Waals surface area contributed by atoms with Crippen molar-refractivity contribution in [2.75, 3.05) is 7.05 Å². The van der Waals surface area contributed by atoms with Gasteiger partial charge in [-0.2, -0.15) is 0 Å². The second-order valence-electron chi connectivity index (χ2n) is 3.65. The van der Waals surface area contributed by atoms with Gasteiger partial charge in [0.05, 0.1) is 0 Å². The molecule has 0 aromatic heterocycles. The quantitative estimate of drug-likeness (QED) is 0.656. The fourth-order valence-electron chi connectivity index (χ4n) is 1.32. The number of nitrogens with zero attached hydrogens (tertiary/aromatic N) is 1. The van der Waals surface area contributed by atoms with Crippen LogP contribution in [0.4, 0.5) is 4.79 Å². The Hall–Kier alpha value is -1.39. The molecule has 1 heterocycles. The van der Waals surface area contributed by atoms with Crippen LogP contribution in [0.3, 0.4) is 0 Å². The van der Waals surface area contributed by atoms with Gasteiger partial charge < -0.3 is 5.32 Å². The number of likely N-dealkylation sites (N-methyl/N-ethyl adjacent to an activating group) is 1. The molecular formula is C9H14N2O3. The van der Waals surface area contributed by atoms with Gasteiger partial charge in [-0.05, 0) is 13.3 Å². The van der Waals surface area contributed by atoms with Crippen molar-refractivity contribution < 1.29 is 14.4 Å². The van der Waals surface area contributed by atoms with Gasteiger partial charge in [0.2, 0.25) is 0 Å². The van der Waals surface area contributed by atoms with Crippen molar-refractivity contribution in [1.29, 1.82) is 0 Å². The average Bonchev–Trinajstić information content (AvgIpc) is 2.33. The molecule has 0 spiro atoms. The zero-order valence-corrected chi connectivity index (χ0v) is 8.53. The third-order valence-electron chi connectivity index (χ3n) is 2.51. The molecule has 0 aromatic rings. The molecule has 0 bridgehead atoms. The predicted molar refractivity (Wildman–Crippen MR) is 49.6 cm³/mol. The topological polar surface area (TPSA) is 66.5 Å². The van der Waals surface area contributed by atoms with Gasteiger partial charge >= 0.3 is 6.03 Å². The first-order valence-corrected chi connectivity index (χ1v) is 4.52. The summed E-state index contributed by atoms with van der Waals surface area (Å²) >= 11 is 0. The van der Waals surface area contributed by atoms with Crippen molar-refractivity contribution in [1.82, 2.24) is 10.2 Å². The van der Waals surface area contributed by atoms with Crippen molar-refractivity contribution in [3.8, 4) is 0 Å². The highest BCUT2D eigenvalue weighted by atomic mass is 16.2. The van der Waals surface area contributed by atoms with E-state index in [-0.39, 0.29) is 17.6 Å². The zero-order valence-electron chi connectivity index (χ0n) is 8.53. The van der Waals surface area contributed by atoms with E-state index in [1.54, 1.807) is 6.92 Å². The molecule has 5 heteroatoms. The van der Waals surface area contributed by atoms with E-state index in [2.05, 4.69) is 5.32 Å². The van der Waals surface area contributed by atoms with Crippen molar-refractivity contribution in [2.45, 2.75) is 26.3 Å². The molecule has 5 nitrogen and oxygen atoms in total. The normalized spacial score (nSPS) is 23.6. The van der Waals surface area contributed by atoms with Crippen molar-refractivity contribution >= 4 is 17.7 Å². The summed E-state index contributed by atoms with van der Waals surface area (Å²) in [7, 11) is 1.43. The highest BCUT2D eigenvalue weighted by Crippen LogP contribution is 2.13. The Kier molecular flexibility index (Phi) is 2.88. The summed E-state index contributed by atoms with van der Waals surface area (Å²) in [5.74, 6) is -0.430. The lowest BCUT2D eigenvalue weighted by Gasteiger charge is -2.11. The Morgan fingerprint density at radius 2 is 2.14 bits per heavy atom. The van der Waals surface area contributed by atoms with Gasteiger partial charge in [-0.3, -0.25) is 14.5 Å². The van der Waals surface area contributed by atoms with E-state index in [0.717, 1.165) is 4.90 Å². The molecular weight excluding hydrogens is 184 g/mol. The Bertz CT molecular complexity index is 288. The van der Waals surface area contributed by atoms with Gasteiger partial charge in [-0.15, -0.1) is 0 Å². The monoisotopic (exact) mass is 198 g/mol. The molecule has 1 aliphatic heterocycles. The summed E-state index contributed by atoms with van der Waals surface area (Å²) in [6, 6.07) is -0.929. The standard InChI is InChI=1S/C9H14N2O3/c1-5(6(2)12)4-7-8(13)11(3)9(14)10-7/h5,7H,4H2,1-3H3,(H,10,14)/t5?,7-/m1/s1. The summed E-state index contributed by atoms with van der Waals surface area (Å²) in [5.41, 5.74) is 0. The number of carbonyl (C=O) groups is 3. The van der Waals surface area contributed by atoms with E-state index < -0.39 is 12.1 Å². The Morgan fingerprint density at radius 3 is 2.50 bits per heavy atom. The predicted octanol–water partition coefficient (Wildman–Crippen LogP) is 0.152. The van der Waals surface area contributed by atoms with E-state index in [9.17, 15) is 14.4 Å². The third kappa shape index (κ3) is 1.92. The van der Waals surface area contributed by atoms with Gasteiger partial charge in [0.1, 0.15) is 11.8 Å². The number of amides is 3. The highest BCUT2D eigenvalue weighted by Gasteiger charge is 2.36. The van der Waals surface area contributed by atoms with E-state index in [1.807, 2.05) is 0 Å². The molecule has 1 fully saturated rings. The van der Waals surface area contributed by atoms with Crippen molar-refractivity contribution in [3.05, 3.63) is 0 Å². The first-order chi connectivity index (χ1) is 6.43. The molecule has 1 saturated heterocycles. The number of urea groups is 1. The van der Waals surface area contributed by atoms with Gasteiger partial charge in [0, 0.05) is 13.0 Å². The molecule has 1 unspecified atom stereocenters. The molecule has 2 atom stereocenters. The minimum absolute atomic E-state index is 0.0293. The first kappa shape index (κ1) is 10.7. The van der Waals surface area contributed by atoms with Gasteiger partial charge in [-0.1, -0.05) is 6.92 Å². The molecule has 0 aliphatic carbocycles. The van der Waals surface area contributed by atoms with Crippen LogP contribution in [0.2, 0.25) is 0 Å². The Labute approximate surface area is 82.4 Å². The molecule has 0 saturated carbocycles. The smallest absolute Gasteiger partial charge is 0.324 e. The molecule has 0 radical (unpaired) electrons. The van der Waals surface area contributed by atoms with Crippen LogP contribution in [-0.2, 0) is 9.59 Å². The number of hydrogen-bond acceptors (Lipinski definition) is 3. The Morgan fingerprint density at radius 1 is 1.57 bits per heavy atom. The maximum atomic E-state index is 11.4. The highest BCUT2D eigenvalue weighted by molar-refractivity contribution is 6.04. The minimum atomic E-state index is -0.536. The molecule has 78 valence electrons. The maximum absolute atomic E-state index is 11.4. The van der Waals surface area contributed by atoms with E-state index >= 15 is 0 Å². The van der Waals surface area contributed by atoms with Gasteiger partial charge in [0.25, 0.3) is 5.91 Å². The molecule has 14 heavy (non-hydrogen) atoms. The van der Waals surface area contributed by atoms with Crippen LogP contribution < -0.4 is 5.32 Å². The average molecular weight is 198 g/mol. The lowest BCUT2D eigenvalue weighted by Crippen LogP contribution is -2.32. The Balaban J connectivity index is 2.60. The number of imide groups is 1. The zero-order chi connectivity index (χ0) is 10.9. The van der Waals surface area contributed by atoms with Crippen LogP contribution in [0, 0.1) is 5.92 Å². The van der Waals surface area contributed by atoms with Crippen LogP contribution in [0.25, 0.3) is 0 Å². The number of Topliss-reactive ketones (excluding diaryl/α,β-unsaturated/α-hetero) is 1. The number of rotatable bonds is 3. The summed E-state index contributed by atoms with van der Waals surface area (Å²) in [6.45, 7) is 3.23. The number of carbonyl (C=O) groups excluding carboxylic acids is 3. The van der Waals surface area contributed by atoms with E-state index in [4.69, 9.17) is 0 Å². The number of ketones is 1. The van der Waals surface area contributed by atoms with Crippen LogP contribution in [-0.4, -0.2) is 35.7 Å².